The molecule has 0 radical (unpaired) electrons. The van der Waals surface area contributed by atoms with Gasteiger partial charge in [0.15, 0.2) is 0 Å². The van der Waals surface area contributed by atoms with Crippen molar-refractivity contribution in [3.63, 3.8) is 0 Å². The second-order valence-corrected chi connectivity index (χ2v) is 6.59. The number of nitrogen functional groups attached to an aromatic ring is 1. The van der Waals surface area contributed by atoms with Crippen LogP contribution in [0.4, 0.5) is 24.5 Å². The summed E-state index contributed by atoms with van der Waals surface area (Å²) >= 11 is 0. The summed E-state index contributed by atoms with van der Waals surface area (Å²) in [6.07, 6.45) is 0.922. The zero-order chi connectivity index (χ0) is 15.2. The Labute approximate surface area is 123 Å². The third-order valence-electron chi connectivity index (χ3n) is 5.16. The first-order valence-corrected chi connectivity index (χ1v) is 7.52. The maximum Gasteiger partial charge on any atom is 0.416 e. The van der Waals surface area contributed by atoms with Gasteiger partial charge in [-0.3, -0.25) is 0 Å². The van der Waals surface area contributed by atoms with Crippen molar-refractivity contribution < 1.29 is 13.2 Å². The van der Waals surface area contributed by atoms with E-state index >= 15 is 0 Å². The average Bonchev–Trinajstić information content (AvgIpc) is 2.99. The van der Waals surface area contributed by atoms with Crippen LogP contribution < -0.4 is 10.6 Å². The van der Waals surface area contributed by atoms with Crippen molar-refractivity contribution in [2.45, 2.75) is 31.9 Å². The van der Waals surface area contributed by atoms with Gasteiger partial charge in [0.2, 0.25) is 0 Å². The lowest BCUT2D eigenvalue weighted by Crippen LogP contribution is -2.29. The standard InChI is InChI=1S/C16H21F3N2/c1-21(9-12-7-10-2-3-11(12)6-10)15-5-4-13(8-14(15)20)16(17,18)19/h4-5,8,10-12H,2-3,6-7,9,20H2,1H3. The van der Waals surface area contributed by atoms with Crippen LogP contribution in [0.1, 0.15) is 31.2 Å². The zero-order valence-electron chi connectivity index (χ0n) is 12.2. The number of anilines is 2. The van der Waals surface area contributed by atoms with Crippen LogP contribution in [0.5, 0.6) is 0 Å². The largest absolute Gasteiger partial charge is 0.416 e. The SMILES string of the molecule is CN(CC1CC2CCC1C2)c1ccc(C(F)(F)F)cc1N. The zero-order valence-corrected chi connectivity index (χ0v) is 12.2. The predicted octanol–water partition coefficient (Wildman–Crippen LogP) is 4.16. The number of halogens is 3. The topological polar surface area (TPSA) is 29.3 Å². The molecule has 21 heavy (non-hydrogen) atoms. The fourth-order valence-electron chi connectivity index (χ4n) is 4.13. The van der Waals surface area contributed by atoms with Crippen molar-refractivity contribution >= 4 is 11.4 Å². The first-order valence-electron chi connectivity index (χ1n) is 7.52. The van der Waals surface area contributed by atoms with E-state index in [2.05, 4.69) is 0 Å². The molecule has 2 N–H and O–H groups in total. The number of fused-ring (bicyclic) bond motifs is 2. The van der Waals surface area contributed by atoms with E-state index in [9.17, 15) is 13.2 Å². The van der Waals surface area contributed by atoms with Crippen LogP contribution in [0, 0.1) is 17.8 Å². The van der Waals surface area contributed by atoms with Gasteiger partial charge in [-0.2, -0.15) is 13.2 Å². The highest BCUT2D eigenvalue weighted by molar-refractivity contribution is 5.68. The van der Waals surface area contributed by atoms with Crippen molar-refractivity contribution in [1.29, 1.82) is 0 Å². The number of alkyl halides is 3. The van der Waals surface area contributed by atoms with Crippen LogP contribution >= 0.6 is 0 Å². The Morgan fingerprint density at radius 3 is 2.52 bits per heavy atom. The second-order valence-electron chi connectivity index (χ2n) is 6.59. The monoisotopic (exact) mass is 298 g/mol. The maximum atomic E-state index is 12.7. The Balaban J connectivity index is 1.71. The molecule has 2 aliphatic rings. The van der Waals surface area contributed by atoms with Gasteiger partial charge in [-0.05, 0) is 55.2 Å². The molecule has 2 fully saturated rings. The van der Waals surface area contributed by atoms with E-state index in [0.717, 1.165) is 30.5 Å². The van der Waals surface area contributed by atoms with E-state index in [4.69, 9.17) is 5.73 Å². The number of hydrogen-bond acceptors (Lipinski definition) is 2. The normalized spacial score (nSPS) is 28.1. The predicted molar refractivity (Wildman–Crippen MR) is 78.1 cm³/mol. The molecule has 116 valence electrons. The summed E-state index contributed by atoms with van der Waals surface area (Å²) in [4.78, 5) is 2.01. The van der Waals surface area contributed by atoms with Crippen LogP contribution in [-0.2, 0) is 6.18 Å². The summed E-state index contributed by atoms with van der Waals surface area (Å²) in [5, 5.41) is 0. The molecule has 5 heteroatoms. The number of rotatable bonds is 3. The van der Waals surface area contributed by atoms with Gasteiger partial charge in [0, 0.05) is 13.6 Å². The van der Waals surface area contributed by atoms with E-state index in [1.165, 1.54) is 31.7 Å². The Morgan fingerprint density at radius 2 is 2.00 bits per heavy atom. The molecule has 0 heterocycles. The molecule has 2 bridgehead atoms. The minimum atomic E-state index is -4.34. The van der Waals surface area contributed by atoms with Crippen molar-refractivity contribution in [3.8, 4) is 0 Å². The summed E-state index contributed by atoms with van der Waals surface area (Å²) < 4.78 is 38.0. The van der Waals surface area contributed by atoms with Gasteiger partial charge in [0.05, 0.1) is 16.9 Å². The van der Waals surface area contributed by atoms with Gasteiger partial charge in [0.25, 0.3) is 0 Å². The maximum absolute atomic E-state index is 12.7. The molecule has 1 aromatic rings. The number of benzene rings is 1. The smallest absolute Gasteiger partial charge is 0.397 e. The number of nitrogens with zero attached hydrogens (tertiary/aromatic N) is 1. The number of hydrogen-bond donors (Lipinski definition) is 1. The molecular weight excluding hydrogens is 277 g/mol. The van der Waals surface area contributed by atoms with Crippen LogP contribution in [0.15, 0.2) is 18.2 Å². The van der Waals surface area contributed by atoms with E-state index < -0.39 is 11.7 Å². The molecule has 0 spiro atoms. The van der Waals surface area contributed by atoms with Crippen molar-refractivity contribution in [2.75, 3.05) is 24.2 Å². The lowest BCUT2D eigenvalue weighted by molar-refractivity contribution is -0.137. The molecule has 0 amide bonds. The van der Waals surface area contributed by atoms with Crippen LogP contribution in [-0.4, -0.2) is 13.6 Å². The first kappa shape index (κ1) is 14.5. The Hall–Kier alpha value is -1.39. The Kier molecular flexibility index (Phi) is 3.54. The summed E-state index contributed by atoms with van der Waals surface area (Å²) in [7, 11) is 1.92. The molecule has 2 saturated carbocycles. The first-order chi connectivity index (χ1) is 9.84. The van der Waals surface area contributed by atoms with Gasteiger partial charge < -0.3 is 10.6 Å². The van der Waals surface area contributed by atoms with Crippen molar-refractivity contribution in [1.82, 2.24) is 0 Å². The third-order valence-corrected chi connectivity index (χ3v) is 5.16. The Morgan fingerprint density at radius 1 is 1.24 bits per heavy atom. The molecule has 3 atom stereocenters. The number of nitrogens with two attached hydrogens (primary N) is 1. The molecule has 3 rings (SSSR count). The molecule has 0 aliphatic heterocycles. The van der Waals surface area contributed by atoms with Crippen LogP contribution in [0.2, 0.25) is 0 Å². The van der Waals surface area contributed by atoms with E-state index in [1.807, 2.05) is 11.9 Å². The molecule has 0 saturated heterocycles. The van der Waals surface area contributed by atoms with Crippen LogP contribution in [0.3, 0.4) is 0 Å². The highest BCUT2D eigenvalue weighted by atomic mass is 19.4. The molecule has 1 aromatic carbocycles. The van der Waals surface area contributed by atoms with Gasteiger partial charge in [-0.15, -0.1) is 0 Å². The lowest BCUT2D eigenvalue weighted by atomic mass is 9.88. The summed E-state index contributed by atoms with van der Waals surface area (Å²) in [6.45, 7) is 0.886. The minimum Gasteiger partial charge on any atom is -0.397 e. The van der Waals surface area contributed by atoms with Crippen LogP contribution in [0.25, 0.3) is 0 Å². The fourth-order valence-corrected chi connectivity index (χ4v) is 4.13. The average molecular weight is 298 g/mol. The minimum absolute atomic E-state index is 0.204. The molecule has 0 aromatic heterocycles. The third kappa shape index (κ3) is 2.83. The summed E-state index contributed by atoms with van der Waals surface area (Å²) in [5.74, 6) is 2.34. The van der Waals surface area contributed by atoms with Gasteiger partial charge >= 0.3 is 6.18 Å². The van der Waals surface area contributed by atoms with E-state index in [0.29, 0.717) is 11.6 Å². The van der Waals surface area contributed by atoms with E-state index in [1.54, 1.807) is 0 Å². The summed E-state index contributed by atoms with van der Waals surface area (Å²) in [6, 6.07) is 3.64. The molecule has 2 nitrogen and oxygen atoms in total. The van der Waals surface area contributed by atoms with Crippen molar-refractivity contribution in [3.05, 3.63) is 23.8 Å². The molecule has 3 unspecified atom stereocenters. The highest BCUT2D eigenvalue weighted by Gasteiger charge is 2.39. The van der Waals surface area contributed by atoms with E-state index in [-0.39, 0.29) is 5.69 Å². The van der Waals surface area contributed by atoms with Gasteiger partial charge in [-0.25, -0.2) is 0 Å². The van der Waals surface area contributed by atoms with Gasteiger partial charge in [0.1, 0.15) is 0 Å². The second kappa shape index (κ2) is 5.11. The van der Waals surface area contributed by atoms with Crippen molar-refractivity contribution in [2.24, 2.45) is 17.8 Å². The fraction of sp³-hybridized carbons (Fsp3) is 0.625. The quantitative estimate of drug-likeness (QED) is 0.849. The highest BCUT2D eigenvalue weighted by Crippen LogP contribution is 2.48. The summed E-state index contributed by atoms with van der Waals surface area (Å²) in [5.41, 5.74) is 6.05. The molecule has 2 aliphatic carbocycles. The Bertz CT molecular complexity index is 527. The lowest BCUT2D eigenvalue weighted by Gasteiger charge is -2.29. The van der Waals surface area contributed by atoms with Gasteiger partial charge in [-0.1, -0.05) is 6.42 Å². The molecular formula is C16H21F3N2.